The number of hydrogen-bond acceptors (Lipinski definition) is 4. The van der Waals surface area contributed by atoms with Crippen LogP contribution in [0.15, 0.2) is 23.1 Å². The number of rotatable bonds is 6. The van der Waals surface area contributed by atoms with Gasteiger partial charge >= 0.3 is 5.97 Å². The minimum absolute atomic E-state index is 0.00804. The van der Waals surface area contributed by atoms with Crippen LogP contribution < -0.4 is 4.72 Å². The molecule has 21 heavy (non-hydrogen) atoms. The molecule has 8 heteroatoms. The van der Waals surface area contributed by atoms with E-state index < -0.39 is 22.0 Å². The minimum Gasteiger partial charge on any atom is -0.480 e. The lowest BCUT2D eigenvalue weighted by Gasteiger charge is -2.16. The molecule has 0 spiro atoms. The zero-order valence-corrected chi connectivity index (χ0v) is 13.1. The first-order valence-electron chi connectivity index (χ1n) is 6.12. The lowest BCUT2D eigenvalue weighted by Crippen LogP contribution is -2.41. The predicted octanol–water partition coefficient (Wildman–Crippen LogP) is 1.99. The van der Waals surface area contributed by atoms with Crippen LogP contribution in [0.5, 0.6) is 0 Å². The molecule has 114 valence electrons. The van der Waals surface area contributed by atoms with Gasteiger partial charge < -0.3 is 5.11 Å². The van der Waals surface area contributed by atoms with Crippen molar-refractivity contribution in [1.82, 2.24) is 4.72 Å². The highest BCUT2D eigenvalue weighted by atomic mass is 35.5. The Hall–Kier alpha value is -1.62. The van der Waals surface area contributed by atoms with E-state index >= 15 is 0 Å². The van der Waals surface area contributed by atoms with Gasteiger partial charge in [-0.2, -0.15) is 9.98 Å². The lowest BCUT2D eigenvalue weighted by atomic mass is 10.1. The highest BCUT2D eigenvalue weighted by Crippen LogP contribution is 2.20. The zero-order chi connectivity index (χ0) is 16.2. The topological polar surface area (TPSA) is 107 Å². The van der Waals surface area contributed by atoms with Gasteiger partial charge in [-0.1, -0.05) is 25.4 Å². The average Bonchev–Trinajstić information content (AvgIpc) is 2.37. The van der Waals surface area contributed by atoms with E-state index in [9.17, 15) is 13.2 Å². The van der Waals surface area contributed by atoms with Gasteiger partial charge in [0.25, 0.3) is 0 Å². The Labute approximate surface area is 128 Å². The maximum atomic E-state index is 12.2. The molecular weight excluding hydrogens is 316 g/mol. The molecule has 0 unspecified atom stereocenters. The van der Waals surface area contributed by atoms with Crippen molar-refractivity contribution in [3.8, 4) is 6.07 Å². The molecule has 6 nitrogen and oxygen atoms in total. The predicted molar refractivity (Wildman–Crippen MR) is 77.4 cm³/mol. The van der Waals surface area contributed by atoms with Gasteiger partial charge in [0.15, 0.2) is 0 Å². The summed E-state index contributed by atoms with van der Waals surface area (Å²) < 4.78 is 26.5. The summed E-state index contributed by atoms with van der Waals surface area (Å²) in [5, 5.41) is 18.1. The van der Waals surface area contributed by atoms with E-state index in [4.69, 9.17) is 22.0 Å². The summed E-state index contributed by atoms with van der Waals surface area (Å²) in [5.41, 5.74) is 0.00952. The zero-order valence-electron chi connectivity index (χ0n) is 11.5. The summed E-state index contributed by atoms with van der Waals surface area (Å²) in [6.07, 6.45) is 0.160. The fraction of sp³-hybridized carbons (Fsp3) is 0.385. The third-order valence-corrected chi connectivity index (χ3v) is 4.47. The van der Waals surface area contributed by atoms with Gasteiger partial charge in [0.1, 0.15) is 12.1 Å². The van der Waals surface area contributed by atoms with Crippen LogP contribution in [0.3, 0.4) is 0 Å². The number of carboxylic acid groups (broad SMARTS) is 1. The standard InChI is InChI=1S/C13H15ClN2O4S/c1-8(2)5-12(13(17)18)16-21(19,20)10-3-4-11(14)9(6-10)7-15/h3-4,6,8,12,16H,5H2,1-2H3,(H,17,18)/t12-/m0/s1. The second-order valence-corrected chi connectivity index (χ2v) is 7.02. The average molecular weight is 331 g/mol. The normalized spacial score (nSPS) is 12.9. The second-order valence-electron chi connectivity index (χ2n) is 4.90. The molecule has 0 heterocycles. The quantitative estimate of drug-likeness (QED) is 0.829. The Kier molecular flexibility index (Phi) is 5.72. The van der Waals surface area contributed by atoms with Crippen LogP contribution in [-0.4, -0.2) is 25.5 Å². The summed E-state index contributed by atoms with van der Waals surface area (Å²) in [5.74, 6) is -1.24. The maximum absolute atomic E-state index is 12.2. The smallest absolute Gasteiger partial charge is 0.321 e. The van der Waals surface area contributed by atoms with Gasteiger partial charge in [-0.3, -0.25) is 4.79 Å². The Balaban J connectivity index is 3.11. The van der Waals surface area contributed by atoms with Crippen molar-refractivity contribution in [3.05, 3.63) is 28.8 Å². The number of nitriles is 1. The van der Waals surface area contributed by atoms with Crippen molar-refractivity contribution >= 4 is 27.6 Å². The van der Waals surface area contributed by atoms with Gasteiger partial charge in [0.05, 0.1) is 15.5 Å². The van der Waals surface area contributed by atoms with Crippen LogP contribution in [0.2, 0.25) is 5.02 Å². The highest BCUT2D eigenvalue weighted by Gasteiger charge is 2.26. The Morgan fingerprint density at radius 3 is 2.57 bits per heavy atom. The third kappa shape index (κ3) is 4.70. The number of halogens is 1. The molecule has 0 aliphatic heterocycles. The second kappa shape index (κ2) is 6.89. The Bertz CT molecular complexity index is 680. The number of nitrogens with zero attached hydrogens (tertiary/aromatic N) is 1. The van der Waals surface area contributed by atoms with Gasteiger partial charge in [0.2, 0.25) is 10.0 Å². The SMILES string of the molecule is CC(C)C[C@H](NS(=O)(=O)c1ccc(Cl)c(C#N)c1)C(=O)O. The first-order valence-corrected chi connectivity index (χ1v) is 7.98. The molecule has 0 saturated heterocycles. The van der Waals surface area contributed by atoms with Gasteiger partial charge in [-0.05, 0) is 30.5 Å². The molecular formula is C13H15ClN2O4S. The van der Waals surface area contributed by atoms with E-state index in [0.717, 1.165) is 6.07 Å². The maximum Gasteiger partial charge on any atom is 0.321 e. The third-order valence-electron chi connectivity index (χ3n) is 2.67. The molecule has 0 aromatic heterocycles. The van der Waals surface area contributed by atoms with E-state index in [1.54, 1.807) is 19.9 Å². The largest absolute Gasteiger partial charge is 0.480 e. The molecule has 1 aromatic carbocycles. The van der Waals surface area contributed by atoms with Crippen LogP contribution in [0.1, 0.15) is 25.8 Å². The van der Waals surface area contributed by atoms with Crippen LogP contribution in [0.25, 0.3) is 0 Å². The molecule has 2 N–H and O–H groups in total. The van der Waals surface area contributed by atoms with Gasteiger partial charge in [0, 0.05) is 0 Å². The molecule has 0 fully saturated rings. The summed E-state index contributed by atoms with van der Waals surface area (Å²) in [6.45, 7) is 3.58. The van der Waals surface area contributed by atoms with Crippen LogP contribution in [-0.2, 0) is 14.8 Å². The molecule has 0 bridgehead atoms. The molecule has 0 aliphatic carbocycles. The number of carboxylic acids is 1. The summed E-state index contributed by atoms with van der Waals surface area (Å²) in [6, 6.07) is 4.17. The van der Waals surface area contributed by atoms with E-state index in [0.29, 0.717) is 0 Å². The number of sulfonamides is 1. The molecule has 0 saturated carbocycles. The minimum atomic E-state index is -4.04. The van der Waals surface area contributed by atoms with Crippen molar-refractivity contribution in [2.45, 2.75) is 31.2 Å². The van der Waals surface area contributed by atoms with Crippen molar-refractivity contribution in [2.24, 2.45) is 5.92 Å². The van der Waals surface area contributed by atoms with E-state index in [1.807, 2.05) is 0 Å². The monoisotopic (exact) mass is 330 g/mol. The first-order chi connectivity index (χ1) is 9.67. The fourth-order valence-corrected chi connectivity index (χ4v) is 3.07. The summed E-state index contributed by atoms with van der Waals surface area (Å²) >= 11 is 5.74. The van der Waals surface area contributed by atoms with Crippen LogP contribution in [0, 0.1) is 17.2 Å². The van der Waals surface area contributed by atoms with Crippen molar-refractivity contribution in [3.63, 3.8) is 0 Å². The Morgan fingerprint density at radius 2 is 2.10 bits per heavy atom. The fourth-order valence-electron chi connectivity index (χ4n) is 1.68. The number of aliphatic carboxylic acids is 1. The van der Waals surface area contributed by atoms with Crippen LogP contribution >= 0.6 is 11.6 Å². The van der Waals surface area contributed by atoms with Gasteiger partial charge in [-0.25, -0.2) is 8.42 Å². The van der Waals surface area contributed by atoms with E-state index in [2.05, 4.69) is 4.72 Å². The number of carbonyl (C=O) groups is 1. The highest BCUT2D eigenvalue weighted by molar-refractivity contribution is 7.89. The van der Waals surface area contributed by atoms with Crippen LogP contribution in [0.4, 0.5) is 0 Å². The molecule has 1 rings (SSSR count). The van der Waals surface area contributed by atoms with Crippen molar-refractivity contribution in [2.75, 3.05) is 0 Å². The molecule has 0 aliphatic rings. The van der Waals surface area contributed by atoms with Crippen molar-refractivity contribution in [1.29, 1.82) is 5.26 Å². The summed E-state index contributed by atoms with van der Waals surface area (Å²) in [7, 11) is -4.04. The number of benzene rings is 1. The van der Waals surface area contributed by atoms with Gasteiger partial charge in [-0.15, -0.1) is 0 Å². The Morgan fingerprint density at radius 1 is 1.48 bits per heavy atom. The molecule has 1 atom stereocenters. The van der Waals surface area contributed by atoms with E-state index in [-0.39, 0.29) is 27.8 Å². The molecule has 0 amide bonds. The molecule has 0 radical (unpaired) electrons. The van der Waals surface area contributed by atoms with E-state index in [1.165, 1.54) is 12.1 Å². The number of nitrogens with one attached hydrogen (secondary N) is 1. The summed E-state index contributed by atoms with van der Waals surface area (Å²) in [4.78, 5) is 10.9. The molecule has 1 aromatic rings. The first kappa shape index (κ1) is 17.4. The lowest BCUT2D eigenvalue weighted by molar-refractivity contribution is -0.139. The number of hydrogen-bond donors (Lipinski definition) is 2. The van der Waals surface area contributed by atoms with Crippen molar-refractivity contribution < 1.29 is 18.3 Å².